The molecular formula is C25H26N6O7S. The minimum absolute atomic E-state index is 0.0237. The highest BCUT2D eigenvalue weighted by Gasteiger charge is 2.27. The molecule has 0 aliphatic carbocycles. The van der Waals surface area contributed by atoms with Crippen LogP contribution in [-0.4, -0.2) is 65.1 Å². The van der Waals surface area contributed by atoms with Gasteiger partial charge in [0.1, 0.15) is 28.7 Å². The van der Waals surface area contributed by atoms with Gasteiger partial charge < -0.3 is 19.3 Å². The van der Waals surface area contributed by atoms with Crippen molar-refractivity contribution in [3.8, 4) is 40.5 Å². The molecule has 0 fully saturated rings. The molecule has 0 atom stereocenters. The molecule has 0 bridgehead atoms. The summed E-state index contributed by atoms with van der Waals surface area (Å²) < 4.78 is 45.2. The fraction of sp³-hybridized carbons (Fsp3) is 0.240. The second-order valence-corrected chi connectivity index (χ2v) is 10.0. The van der Waals surface area contributed by atoms with Crippen LogP contribution in [0.2, 0.25) is 0 Å². The van der Waals surface area contributed by atoms with Crippen LogP contribution >= 0.6 is 0 Å². The smallest absolute Gasteiger partial charge is 0.287 e. The second kappa shape index (κ2) is 11.3. The number of sulfonamides is 1. The van der Waals surface area contributed by atoms with Crippen molar-refractivity contribution >= 4 is 15.7 Å². The average Bonchev–Trinajstić information content (AvgIpc) is 2.94. The lowest BCUT2D eigenvalue weighted by Crippen LogP contribution is -2.29. The number of aryl methyl sites for hydroxylation is 2. The van der Waals surface area contributed by atoms with E-state index in [1.54, 1.807) is 48.8 Å². The first-order valence-electron chi connectivity index (χ1n) is 11.5. The normalized spacial score (nSPS) is 11.2. The van der Waals surface area contributed by atoms with E-state index in [0.717, 1.165) is 10.1 Å². The van der Waals surface area contributed by atoms with Gasteiger partial charge in [-0.25, -0.2) is 27.9 Å². The van der Waals surface area contributed by atoms with Gasteiger partial charge in [-0.2, -0.15) is 4.98 Å². The van der Waals surface area contributed by atoms with Crippen LogP contribution < -0.4 is 24.5 Å². The van der Waals surface area contributed by atoms with Crippen molar-refractivity contribution in [3.63, 3.8) is 0 Å². The molecule has 0 saturated heterocycles. The molecule has 0 radical (unpaired) electrons. The van der Waals surface area contributed by atoms with Crippen LogP contribution in [0.4, 0.5) is 5.69 Å². The lowest BCUT2D eigenvalue weighted by molar-refractivity contribution is 0.390. The summed E-state index contributed by atoms with van der Waals surface area (Å²) in [6.45, 7) is 1.81. The van der Waals surface area contributed by atoms with Gasteiger partial charge in [-0.3, -0.25) is 9.52 Å². The minimum atomic E-state index is -4.15. The predicted octanol–water partition coefficient (Wildman–Crippen LogP) is 2.11. The molecule has 1 aromatic carbocycles. The molecule has 2 N–H and O–H groups in total. The first-order chi connectivity index (χ1) is 18.7. The number of nitrogens with zero attached hydrogens (tertiary/aromatic N) is 5. The quantitative estimate of drug-likeness (QED) is 0.294. The average molecular weight is 555 g/mol. The van der Waals surface area contributed by atoms with Gasteiger partial charge in [-0.1, -0.05) is 12.1 Å². The van der Waals surface area contributed by atoms with Crippen LogP contribution in [-0.2, 0) is 16.4 Å². The molecule has 4 rings (SSSR count). The maximum atomic E-state index is 13.9. The van der Waals surface area contributed by atoms with E-state index in [9.17, 15) is 18.3 Å². The van der Waals surface area contributed by atoms with Gasteiger partial charge in [0.05, 0.1) is 27.1 Å². The maximum absolute atomic E-state index is 13.9. The van der Waals surface area contributed by atoms with Crippen LogP contribution in [0.1, 0.15) is 11.4 Å². The Morgan fingerprint density at radius 1 is 0.949 bits per heavy atom. The molecule has 0 aliphatic heterocycles. The Hall–Kier alpha value is -4.72. The molecule has 3 aromatic heterocycles. The lowest BCUT2D eigenvalue weighted by Gasteiger charge is -2.19. The molecule has 0 unspecified atom stereocenters. The first kappa shape index (κ1) is 27.3. The molecule has 14 heteroatoms. The number of hydrogen-bond acceptors (Lipinski definition) is 11. The van der Waals surface area contributed by atoms with E-state index in [-0.39, 0.29) is 41.0 Å². The number of nitrogens with one attached hydrogen (secondary N) is 1. The van der Waals surface area contributed by atoms with Crippen LogP contribution in [0.3, 0.4) is 0 Å². The molecule has 39 heavy (non-hydrogen) atoms. The summed E-state index contributed by atoms with van der Waals surface area (Å²) in [6, 6.07) is 9.60. The van der Waals surface area contributed by atoms with E-state index >= 15 is 0 Å². The molecule has 3 heterocycles. The molecule has 0 spiro atoms. The third-order valence-electron chi connectivity index (χ3n) is 5.54. The number of anilines is 1. The highest BCUT2D eigenvalue weighted by Crippen LogP contribution is 2.35. The van der Waals surface area contributed by atoms with Crippen LogP contribution in [0, 0.1) is 6.92 Å². The zero-order chi connectivity index (χ0) is 28.2. The number of methoxy groups -OCH3 is 3. The molecule has 13 nitrogen and oxygen atoms in total. The Morgan fingerprint density at radius 2 is 1.59 bits per heavy atom. The number of ether oxygens (including phenoxy) is 3. The van der Waals surface area contributed by atoms with Crippen molar-refractivity contribution in [3.05, 3.63) is 70.5 Å². The van der Waals surface area contributed by atoms with E-state index in [1.807, 2.05) is 6.92 Å². The largest absolute Gasteiger partial charge is 0.494 e. The third kappa shape index (κ3) is 5.90. The molecule has 0 saturated carbocycles. The van der Waals surface area contributed by atoms with Gasteiger partial charge in [0.2, 0.25) is 21.8 Å². The first-order valence-corrected chi connectivity index (χ1v) is 13.2. The summed E-state index contributed by atoms with van der Waals surface area (Å²) in [4.78, 5) is 30.6. The summed E-state index contributed by atoms with van der Waals surface area (Å²) in [6.07, 6.45) is 3.12. The summed E-state index contributed by atoms with van der Waals surface area (Å²) in [5, 5.41) is 10.8. The van der Waals surface area contributed by atoms with Crippen molar-refractivity contribution in [2.75, 3.05) is 31.8 Å². The topological polar surface area (TPSA) is 168 Å². The van der Waals surface area contributed by atoms with Crippen molar-refractivity contribution in [2.45, 2.75) is 13.3 Å². The Balaban J connectivity index is 1.87. The molecule has 204 valence electrons. The van der Waals surface area contributed by atoms with Gasteiger partial charge in [-0.05, 0) is 30.7 Å². The molecule has 0 amide bonds. The number of benzene rings is 1. The maximum Gasteiger partial charge on any atom is 0.287 e. The van der Waals surface area contributed by atoms with Crippen molar-refractivity contribution in [1.29, 1.82) is 0 Å². The van der Waals surface area contributed by atoms with E-state index in [1.165, 1.54) is 21.3 Å². The highest BCUT2D eigenvalue weighted by molar-refractivity contribution is 7.92. The van der Waals surface area contributed by atoms with E-state index in [2.05, 4.69) is 24.7 Å². The molecule has 4 aromatic rings. The second-order valence-electron chi connectivity index (χ2n) is 8.20. The van der Waals surface area contributed by atoms with Gasteiger partial charge >= 0.3 is 0 Å². The van der Waals surface area contributed by atoms with Gasteiger partial charge in [-0.15, -0.1) is 0 Å². The predicted molar refractivity (Wildman–Crippen MR) is 142 cm³/mol. The SMILES string of the molecule is COc1cccc(-c2nc(O)c(NS(=O)(=O)CCc3ncc(C)cn3)c(=O)n2-c2c(OC)cccc2OC)n1. The zero-order valence-electron chi connectivity index (χ0n) is 21.6. The Morgan fingerprint density at radius 3 is 2.21 bits per heavy atom. The van der Waals surface area contributed by atoms with Crippen molar-refractivity contribution < 1.29 is 27.7 Å². The van der Waals surface area contributed by atoms with Gasteiger partial charge in [0, 0.05) is 24.9 Å². The fourth-order valence-corrected chi connectivity index (χ4v) is 4.71. The van der Waals surface area contributed by atoms with Crippen LogP contribution in [0.5, 0.6) is 23.3 Å². The van der Waals surface area contributed by atoms with Gasteiger partial charge in [0.25, 0.3) is 5.56 Å². The third-order valence-corrected chi connectivity index (χ3v) is 6.79. The van der Waals surface area contributed by atoms with Gasteiger partial charge in [0.15, 0.2) is 11.5 Å². The summed E-state index contributed by atoms with van der Waals surface area (Å²) in [5.41, 5.74) is -0.512. The monoisotopic (exact) mass is 554 g/mol. The minimum Gasteiger partial charge on any atom is -0.494 e. The highest BCUT2D eigenvalue weighted by atomic mass is 32.2. The fourth-order valence-electron chi connectivity index (χ4n) is 3.66. The van der Waals surface area contributed by atoms with E-state index in [4.69, 9.17) is 14.2 Å². The lowest BCUT2D eigenvalue weighted by atomic mass is 10.2. The Labute approximate surface area is 224 Å². The number of hydrogen-bond donors (Lipinski definition) is 2. The van der Waals surface area contributed by atoms with E-state index < -0.39 is 32.9 Å². The van der Waals surface area contributed by atoms with E-state index in [0.29, 0.717) is 5.82 Å². The van der Waals surface area contributed by atoms with Crippen LogP contribution in [0.15, 0.2) is 53.6 Å². The van der Waals surface area contributed by atoms with Crippen molar-refractivity contribution in [2.24, 2.45) is 0 Å². The number of rotatable bonds is 10. The molecule has 0 aliphatic rings. The number of aromatic hydroxyl groups is 1. The molecular weight excluding hydrogens is 528 g/mol. The summed E-state index contributed by atoms with van der Waals surface area (Å²) >= 11 is 0. The number of pyridine rings is 1. The number of para-hydroxylation sites is 1. The Bertz CT molecular complexity index is 1630. The zero-order valence-corrected chi connectivity index (χ0v) is 22.4. The summed E-state index contributed by atoms with van der Waals surface area (Å²) in [7, 11) is 0.0760. The standard InChI is InChI=1S/C25H26N6O7S/c1-15-13-26-19(27-14-15)11-12-39(34,35)30-21-24(32)29-23(16-7-5-10-20(28-16)38-4)31(25(21)33)22-17(36-2)8-6-9-18(22)37-3/h5-10,13-14,30,32H,11-12H2,1-4H3. The number of aromatic nitrogens is 5. The Kier molecular flexibility index (Phi) is 7.95. The van der Waals surface area contributed by atoms with Crippen LogP contribution in [0.25, 0.3) is 17.2 Å². The van der Waals surface area contributed by atoms with Crippen molar-refractivity contribution in [1.82, 2.24) is 24.5 Å². The summed E-state index contributed by atoms with van der Waals surface area (Å²) in [5.74, 6) is -0.440.